The summed E-state index contributed by atoms with van der Waals surface area (Å²) in [6, 6.07) is 6.70. The fraction of sp³-hybridized carbons (Fsp3) is 0.273. The Kier molecular flexibility index (Phi) is 4.29. The first-order valence-corrected chi connectivity index (χ1v) is 8.54. The quantitative estimate of drug-likeness (QED) is 0.554. The van der Waals surface area contributed by atoms with Crippen molar-refractivity contribution in [2.75, 3.05) is 0 Å². The van der Waals surface area contributed by atoms with Crippen molar-refractivity contribution in [1.29, 1.82) is 0 Å². The van der Waals surface area contributed by atoms with Crippen LogP contribution in [0.3, 0.4) is 0 Å². The van der Waals surface area contributed by atoms with Crippen molar-refractivity contribution in [2.45, 2.75) is 16.9 Å². The molecule has 0 radical (unpaired) electrons. The van der Waals surface area contributed by atoms with Gasteiger partial charge < -0.3 is 0 Å². The molecular formula is C11H9F3IN3O2S. The van der Waals surface area contributed by atoms with Crippen LogP contribution in [0.1, 0.15) is 11.4 Å². The lowest BCUT2D eigenvalue weighted by Crippen LogP contribution is -2.31. The van der Waals surface area contributed by atoms with Crippen molar-refractivity contribution in [2.24, 2.45) is 0 Å². The van der Waals surface area contributed by atoms with Gasteiger partial charge in [0.05, 0.1) is 4.43 Å². The first-order chi connectivity index (χ1) is 9.66. The highest BCUT2D eigenvalue weighted by atomic mass is 127. The van der Waals surface area contributed by atoms with Crippen LogP contribution in [0.15, 0.2) is 24.3 Å². The van der Waals surface area contributed by atoms with Crippen molar-refractivity contribution >= 4 is 32.6 Å². The van der Waals surface area contributed by atoms with E-state index in [1.165, 1.54) is 0 Å². The number of nitrogens with zero attached hydrogens (tertiary/aromatic N) is 3. The van der Waals surface area contributed by atoms with Crippen molar-refractivity contribution in [3.05, 3.63) is 35.7 Å². The molecule has 0 saturated heterocycles. The molecule has 0 unspecified atom stereocenters. The van der Waals surface area contributed by atoms with Crippen LogP contribution in [0, 0.1) is 6.92 Å². The predicted molar refractivity (Wildman–Crippen MR) is 78.3 cm³/mol. The van der Waals surface area contributed by atoms with Gasteiger partial charge in [0.25, 0.3) is 0 Å². The molecule has 0 aliphatic rings. The molecule has 2 rings (SSSR count). The molecule has 0 amide bonds. The molecule has 5 nitrogen and oxygen atoms in total. The highest BCUT2D eigenvalue weighted by Crippen LogP contribution is 2.27. The van der Waals surface area contributed by atoms with Gasteiger partial charge in [-0.2, -0.15) is 21.6 Å². The standard InChI is InChI=1S/C11H9F3IN3O2S/c1-7-2-4-8(5-3-7)10-16-9(6-15)18(17-10)21(19,20)11(12,13)14/h2-5H,6H2,1H3. The SMILES string of the molecule is Cc1ccc(-c2nc(CI)n(S(=O)(=O)C(F)(F)F)n2)cc1. The summed E-state index contributed by atoms with van der Waals surface area (Å²) in [5.74, 6) is -0.335. The number of hydrogen-bond acceptors (Lipinski definition) is 4. The molecule has 0 spiro atoms. The summed E-state index contributed by atoms with van der Waals surface area (Å²) in [6.07, 6.45) is 0. The molecule has 0 N–H and O–H groups in total. The van der Waals surface area contributed by atoms with E-state index in [1.54, 1.807) is 46.9 Å². The lowest BCUT2D eigenvalue weighted by molar-refractivity contribution is -0.0450. The Morgan fingerprint density at radius 3 is 2.29 bits per heavy atom. The Morgan fingerprint density at radius 1 is 1.24 bits per heavy atom. The van der Waals surface area contributed by atoms with Gasteiger partial charge in [0.1, 0.15) is 0 Å². The molecule has 0 saturated carbocycles. The van der Waals surface area contributed by atoms with Crippen LogP contribution in [-0.2, 0) is 14.5 Å². The zero-order chi connectivity index (χ0) is 15.8. The second kappa shape index (κ2) is 5.55. The summed E-state index contributed by atoms with van der Waals surface area (Å²) in [5.41, 5.74) is -4.02. The molecule has 0 atom stereocenters. The van der Waals surface area contributed by atoms with Crippen molar-refractivity contribution < 1.29 is 21.6 Å². The highest BCUT2D eigenvalue weighted by molar-refractivity contribution is 14.1. The third kappa shape index (κ3) is 3.05. The van der Waals surface area contributed by atoms with Gasteiger partial charge in [-0.3, -0.25) is 0 Å². The summed E-state index contributed by atoms with van der Waals surface area (Å²) in [6.45, 7) is 1.85. The number of benzene rings is 1. The molecule has 0 bridgehead atoms. The number of aryl methyl sites for hydroxylation is 1. The van der Waals surface area contributed by atoms with E-state index >= 15 is 0 Å². The Hall–Kier alpha value is -1.17. The Labute approximate surface area is 132 Å². The Bertz CT molecular complexity index is 754. The van der Waals surface area contributed by atoms with Crippen LogP contribution >= 0.6 is 22.6 Å². The molecule has 114 valence electrons. The average molecular weight is 431 g/mol. The maximum absolute atomic E-state index is 12.6. The minimum atomic E-state index is -5.58. The fourth-order valence-corrected chi connectivity index (χ4v) is 3.02. The smallest absolute Gasteiger partial charge is 0.210 e. The normalized spacial score (nSPS) is 12.6. The maximum Gasteiger partial charge on any atom is 0.518 e. The van der Waals surface area contributed by atoms with Gasteiger partial charge in [0.2, 0.25) is 0 Å². The van der Waals surface area contributed by atoms with Crippen LogP contribution in [0.25, 0.3) is 11.4 Å². The first-order valence-electron chi connectivity index (χ1n) is 5.57. The topological polar surface area (TPSA) is 64.8 Å². The average Bonchev–Trinajstić information content (AvgIpc) is 2.83. The van der Waals surface area contributed by atoms with E-state index in [0.717, 1.165) is 5.56 Å². The molecule has 0 fully saturated rings. The Balaban J connectivity index is 2.58. The van der Waals surface area contributed by atoms with Gasteiger partial charge in [-0.1, -0.05) is 52.4 Å². The Morgan fingerprint density at radius 2 is 1.81 bits per heavy atom. The molecule has 1 aromatic heterocycles. The van der Waals surface area contributed by atoms with Crippen LogP contribution < -0.4 is 0 Å². The van der Waals surface area contributed by atoms with Gasteiger partial charge in [-0.15, -0.1) is 9.19 Å². The number of halogens is 4. The highest BCUT2D eigenvalue weighted by Gasteiger charge is 2.49. The maximum atomic E-state index is 12.6. The third-order valence-electron chi connectivity index (χ3n) is 2.59. The summed E-state index contributed by atoms with van der Waals surface area (Å²) in [5, 5.41) is 3.51. The minimum absolute atomic E-state index is 0.0219. The zero-order valence-electron chi connectivity index (χ0n) is 10.6. The molecule has 10 heteroatoms. The molecule has 21 heavy (non-hydrogen) atoms. The molecule has 0 aliphatic heterocycles. The van der Waals surface area contributed by atoms with E-state index in [-0.39, 0.29) is 20.2 Å². The molecule has 1 heterocycles. The van der Waals surface area contributed by atoms with Gasteiger partial charge in [0, 0.05) is 5.56 Å². The van der Waals surface area contributed by atoms with Crippen LogP contribution in [0.2, 0.25) is 0 Å². The minimum Gasteiger partial charge on any atom is -0.210 e. The number of rotatable bonds is 3. The third-order valence-corrected chi connectivity index (χ3v) is 4.61. The predicted octanol–water partition coefficient (Wildman–Crippen LogP) is 2.89. The number of alkyl halides is 4. The van der Waals surface area contributed by atoms with E-state index in [0.29, 0.717) is 5.56 Å². The van der Waals surface area contributed by atoms with Gasteiger partial charge in [-0.25, -0.2) is 4.98 Å². The van der Waals surface area contributed by atoms with Gasteiger partial charge in [0.15, 0.2) is 11.6 Å². The lowest BCUT2D eigenvalue weighted by atomic mass is 10.1. The summed E-state index contributed by atoms with van der Waals surface area (Å²) < 4.78 is 60.7. The first kappa shape index (κ1) is 16.2. The fourth-order valence-electron chi connectivity index (χ4n) is 1.53. The monoisotopic (exact) mass is 431 g/mol. The lowest BCUT2D eigenvalue weighted by Gasteiger charge is -2.08. The van der Waals surface area contributed by atoms with Gasteiger partial charge >= 0.3 is 15.5 Å². The number of hydrogen-bond donors (Lipinski definition) is 0. The van der Waals surface area contributed by atoms with Crippen LogP contribution in [-0.4, -0.2) is 28.1 Å². The van der Waals surface area contributed by atoms with E-state index in [2.05, 4.69) is 10.1 Å². The van der Waals surface area contributed by atoms with Crippen molar-refractivity contribution in [3.8, 4) is 11.4 Å². The van der Waals surface area contributed by atoms with Gasteiger partial charge in [-0.05, 0) is 6.92 Å². The van der Waals surface area contributed by atoms with Crippen LogP contribution in [0.5, 0.6) is 0 Å². The van der Waals surface area contributed by atoms with E-state index in [4.69, 9.17) is 0 Å². The van der Waals surface area contributed by atoms with Crippen molar-refractivity contribution in [3.63, 3.8) is 0 Å². The summed E-state index contributed by atoms with van der Waals surface area (Å²) in [7, 11) is -5.58. The summed E-state index contributed by atoms with van der Waals surface area (Å²) >= 11 is 1.73. The second-order valence-electron chi connectivity index (χ2n) is 4.15. The van der Waals surface area contributed by atoms with E-state index in [9.17, 15) is 21.6 Å². The zero-order valence-corrected chi connectivity index (χ0v) is 13.6. The second-order valence-corrected chi connectivity index (χ2v) is 6.67. The van der Waals surface area contributed by atoms with Crippen molar-refractivity contribution in [1.82, 2.24) is 14.2 Å². The molecule has 2 aromatic rings. The van der Waals surface area contributed by atoms with E-state index < -0.39 is 15.5 Å². The summed E-state index contributed by atoms with van der Waals surface area (Å²) in [4.78, 5) is 3.87. The van der Waals surface area contributed by atoms with Crippen LogP contribution in [0.4, 0.5) is 13.2 Å². The van der Waals surface area contributed by atoms with E-state index in [1.807, 2.05) is 6.92 Å². The molecular weight excluding hydrogens is 422 g/mol. The molecule has 0 aliphatic carbocycles. The molecule has 1 aromatic carbocycles. The largest absolute Gasteiger partial charge is 0.518 e. The number of aromatic nitrogens is 3.